The van der Waals surface area contributed by atoms with E-state index in [4.69, 9.17) is 4.74 Å². The number of carbonyl (C=O) groups is 1. The molecule has 3 aliphatic rings. The van der Waals surface area contributed by atoms with Crippen LogP contribution in [0.3, 0.4) is 0 Å². The predicted octanol–water partition coefficient (Wildman–Crippen LogP) is 0.840. The Morgan fingerprint density at radius 2 is 1.90 bits per heavy atom. The van der Waals surface area contributed by atoms with Gasteiger partial charge in [0.25, 0.3) is 0 Å². The first kappa shape index (κ1) is 15.3. The summed E-state index contributed by atoms with van der Waals surface area (Å²) in [7, 11) is 1.90. The zero-order valence-electron chi connectivity index (χ0n) is 13.4. The fourth-order valence-corrected chi connectivity index (χ4v) is 4.45. The lowest BCUT2D eigenvalue weighted by atomic mass is 9.86. The van der Waals surface area contributed by atoms with Crippen molar-refractivity contribution in [2.75, 3.05) is 39.9 Å². The van der Waals surface area contributed by atoms with Gasteiger partial charge >= 0.3 is 0 Å². The summed E-state index contributed by atoms with van der Waals surface area (Å²) in [5.74, 6) is 0.261. The highest BCUT2D eigenvalue weighted by Crippen LogP contribution is 2.39. The first-order chi connectivity index (χ1) is 10.1. The Hall–Kier alpha value is -0.650. The molecule has 3 fully saturated rings. The van der Waals surface area contributed by atoms with E-state index in [9.17, 15) is 4.79 Å². The van der Waals surface area contributed by atoms with Crippen LogP contribution in [-0.4, -0.2) is 73.2 Å². The molecule has 0 aromatic rings. The highest BCUT2D eigenvalue weighted by Gasteiger charge is 2.45. The zero-order chi connectivity index (χ0) is 14.9. The van der Waals surface area contributed by atoms with Crippen LogP contribution >= 0.6 is 0 Å². The van der Waals surface area contributed by atoms with Crippen molar-refractivity contribution >= 4 is 5.91 Å². The maximum Gasteiger partial charge on any atom is 0.239 e. The molecule has 5 heteroatoms. The number of carbonyl (C=O) groups excluding carboxylic acids is 1. The van der Waals surface area contributed by atoms with Crippen molar-refractivity contribution in [3.63, 3.8) is 0 Å². The number of hydrogen-bond acceptors (Lipinski definition) is 4. The molecule has 0 aromatic carbocycles. The molecule has 1 aliphatic carbocycles. The lowest BCUT2D eigenvalue weighted by Gasteiger charge is -2.48. The number of ether oxygens (including phenoxy) is 1. The number of likely N-dealkylation sites (N-methyl/N-ethyl adjacent to an activating group) is 1. The second-order valence-electron chi connectivity index (χ2n) is 6.90. The smallest absolute Gasteiger partial charge is 0.239 e. The van der Waals surface area contributed by atoms with Gasteiger partial charge in [-0.05, 0) is 26.2 Å². The zero-order valence-corrected chi connectivity index (χ0v) is 13.4. The Morgan fingerprint density at radius 1 is 1.24 bits per heavy atom. The van der Waals surface area contributed by atoms with Gasteiger partial charge in [-0.25, -0.2) is 0 Å². The lowest BCUT2D eigenvalue weighted by molar-refractivity contribution is -0.128. The molecule has 120 valence electrons. The second kappa shape index (κ2) is 6.23. The van der Waals surface area contributed by atoms with E-state index in [2.05, 4.69) is 17.1 Å². The molecule has 0 radical (unpaired) electrons. The topological polar surface area (TPSA) is 44.8 Å². The Bertz CT molecular complexity index is 376. The predicted molar refractivity (Wildman–Crippen MR) is 82.2 cm³/mol. The number of morpholine rings is 1. The summed E-state index contributed by atoms with van der Waals surface area (Å²) >= 11 is 0. The summed E-state index contributed by atoms with van der Waals surface area (Å²) < 4.78 is 5.53. The van der Waals surface area contributed by atoms with Gasteiger partial charge in [0, 0.05) is 38.3 Å². The van der Waals surface area contributed by atoms with Gasteiger partial charge in [-0.15, -0.1) is 0 Å². The van der Waals surface area contributed by atoms with E-state index in [0.29, 0.717) is 6.04 Å². The number of rotatable bonds is 4. The molecule has 0 bridgehead atoms. The van der Waals surface area contributed by atoms with Crippen molar-refractivity contribution < 1.29 is 9.53 Å². The van der Waals surface area contributed by atoms with Crippen LogP contribution in [-0.2, 0) is 9.53 Å². The van der Waals surface area contributed by atoms with Crippen LogP contribution in [0.5, 0.6) is 0 Å². The van der Waals surface area contributed by atoms with E-state index in [1.807, 2.05) is 11.9 Å². The van der Waals surface area contributed by atoms with Crippen molar-refractivity contribution in [1.82, 2.24) is 15.1 Å². The standard InChI is InChI=1S/C16H29N3O2/c1-13(17-14-5-8-18(2)15(14)20)16(6-3-4-7-16)19-9-11-21-12-10-19/h13-14,17H,3-12H2,1-2H3. The largest absolute Gasteiger partial charge is 0.379 e. The Morgan fingerprint density at radius 3 is 2.48 bits per heavy atom. The molecular weight excluding hydrogens is 266 g/mol. The van der Waals surface area contributed by atoms with Gasteiger partial charge < -0.3 is 15.0 Å². The quantitative estimate of drug-likeness (QED) is 0.835. The summed E-state index contributed by atoms with van der Waals surface area (Å²) in [5, 5.41) is 3.67. The average Bonchev–Trinajstić information content (AvgIpc) is 3.12. The molecule has 2 heterocycles. The van der Waals surface area contributed by atoms with Crippen LogP contribution in [0.25, 0.3) is 0 Å². The van der Waals surface area contributed by atoms with Crippen molar-refractivity contribution in [1.29, 1.82) is 0 Å². The van der Waals surface area contributed by atoms with Crippen LogP contribution in [0.4, 0.5) is 0 Å². The molecule has 0 aromatic heterocycles. The molecule has 1 amide bonds. The molecule has 1 N–H and O–H groups in total. The first-order valence-corrected chi connectivity index (χ1v) is 8.47. The number of amides is 1. The second-order valence-corrected chi connectivity index (χ2v) is 6.90. The van der Waals surface area contributed by atoms with Crippen LogP contribution in [0, 0.1) is 0 Å². The van der Waals surface area contributed by atoms with Gasteiger partial charge in [-0.1, -0.05) is 12.8 Å². The first-order valence-electron chi connectivity index (χ1n) is 8.47. The van der Waals surface area contributed by atoms with E-state index in [-0.39, 0.29) is 17.5 Å². The summed E-state index contributed by atoms with van der Waals surface area (Å²) in [6.07, 6.45) is 6.05. The lowest BCUT2D eigenvalue weighted by Crippen LogP contribution is -2.63. The third-order valence-electron chi connectivity index (χ3n) is 5.79. The molecule has 2 unspecified atom stereocenters. The van der Waals surface area contributed by atoms with Crippen LogP contribution in [0.15, 0.2) is 0 Å². The monoisotopic (exact) mass is 295 g/mol. The highest BCUT2D eigenvalue weighted by atomic mass is 16.5. The maximum absolute atomic E-state index is 12.2. The van der Waals surface area contributed by atoms with E-state index in [1.54, 1.807) is 0 Å². The van der Waals surface area contributed by atoms with Crippen molar-refractivity contribution in [3.8, 4) is 0 Å². The van der Waals surface area contributed by atoms with E-state index < -0.39 is 0 Å². The number of nitrogens with zero attached hydrogens (tertiary/aromatic N) is 2. The molecular formula is C16H29N3O2. The molecule has 0 spiro atoms. The van der Waals surface area contributed by atoms with Gasteiger partial charge in [0.15, 0.2) is 0 Å². The normalized spacial score (nSPS) is 31.8. The van der Waals surface area contributed by atoms with Gasteiger partial charge in [-0.2, -0.15) is 0 Å². The SMILES string of the molecule is CC(NC1CCN(C)C1=O)C1(N2CCOCC2)CCCC1. The van der Waals surface area contributed by atoms with E-state index in [0.717, 1.165) is 39.3 Å². The minimum Gasteiger partial charge on any atom is -0.379 e. The Labute approximate surface area is 128 Å². The van der Waals surface area contributed by atoms with E-state index in [1.165, 1.54) is 25.7 Å². The summed E-state index contributed by atoms with van der Waals surface area (Å²) in [5.41, 5.74) is 0.227. The third kappa shape index (κ3) is 2.83. The number of hydrogen-bond donors (Lipinski definition) is 1. The third-order valence-corrected chi connectivity index (χ3v) is 5.79. The minimum absolute atomic E-state index is 0.0171. The molecule has 1 saturated carbocycles. The van der Waals surface area contributed by atoms with Gasteiger partial charge in [0.1, 0.15) is 0 Å². The fourth-order valence-electron chi connectivity index (χ4n) is 4.45. The number of likely N-dealkylation sites (tertiary alicyclic amines) is 1. The maximum atomic E-state index is 12.2. The van der Waals surface area contributed by atoms with Crippen LogP contribution in [0.2, 0.25) is 0 Å². The molecule has 5 nitrogen and oxygen atoms in total. The van der Waals surface area contributed by atoms with Crippen molar-refractivity contribution in [3.05, 3.63) is 0 Å². The summed E-state index contributed by atoms with van der Waals surface area (Å²) in [4.78, 5) is 16.6. The molecule has 3 rings (SSSR count). The Kier molecular flexibility index (Phi) is 4.52. The fraction of sp³-hybridized carbons (Fsp3) is 0.938. The summed E-state index contributed by atoms with van der Waals surface area (Å²) in [6.45, 7) is 6.92. The van der Waals surface area contributed by atoms with Gasteiger partial charge in [-0.3, -0.25) is 9.69 Å². The molecule has 2 aliphatic heterocycles. The van der Waals surface area contributed by atoms with Gasteiger partial charge in [0.05, 0.1) is 19.3 Å². The number of nitrogens with one attached hydrogen (secondary N) is 1. The highest BCUT2D eigenvalue weighted by molar-refractivity contribution is 5.83. The van der Waals surface area contributed by atoms with Crippen molar-refractivity contribution in [2.24, 2.45) is 0 Å². The minimum atomic E-state index is 0.0171. The Balaban J connectivity index is 1.69. The average molecular weight is 295 g/mol. The molecule has 2 saturated heterocycles. The molecule has 21 heavy (non-hydrogen) atoms. The summed E-state index contributed by atoms with van der Waals surface area (Å²) in [6, 6.07) is 0.377. The van der Waals surface area contributed by atoms with Crippen LogP contribution < -0.4 is 5.32 Å². The van der Waals surface area contributed by atoms with Crippen LogP contribution in [0.1, 0.15) is 39.0 Å². The van der Waals surface area contributed by atoms with Gasteiger partial charge in [0.2, 0.25) is 5.91 Å². The van der Waals surface area contributed by atoms with E-state index >= 15 is 0 Å². The molecule has 2 atom stereocenters. The van der Waals surface area contributed by atoms with Crippen molar-refractivity contribution in [2.45, 2.75) is 56.7 Å².